The topological polar surface area (TPSA) is 46.2 Å². The standard InChI is InChI=1S/C9H8Br2F3NO2S/c1-5-2-7(11)8(3-6(5)10)18(16,17)15-4-9(12,13)14/h2-3,15H,4H2,1H3. The van der Waals surface area contributed by atoms with E-state index in [2.05, 4.69) is 31.9 Å². The van der Waals surface area contributed by atoms with Gasteiger partial charge in [0.2, 0.25) is 10.0 Å². The molecule has 1 rings (SSSR count). The van der Waals surface area contributed by atoms with Crippen molar-refractivity contribution in [2.24, 2.45) is 0 Å². The number of halogens is 5. The van der Waals surface area contributed by atoms with Crippen LogP contribution in [0.3, 0.4) is 0 Å². The quantitative estimate of drug-likeness (QED) is 0.830. The number of rotatable bonds is 3. The van der Waals surface area contributed by atoms with Gasteiger partial charge in [0.15, 0.2) is 0 Å². The van der Waals surface area contributed by atoms with Crippen molar-refractivity contribution in [1.29, 1.82) is 0 Å². The fraction of sp³-hybridized carbons (Fsp3) is 0.333. The van der Waals surface area contributed by atoms with Crippen molar-refractivity contribution >= 4 is 41.9 Å². The van der Waals surface area contributed by atoms with Crippen LogP contribution in [0.5, 0.6) is 0 Å². The lowest BCUT2D eigenvalue weighted by Crippen LogP contribution is -2.33. The zero-order chi connectivity index (χ0) is 14.1. The molecule has 1 aromatic carbocycles. The van der Waals surface area contributed by atoms with Crippen molar-refractivity contribution in [2.45, 2.75) is 18.0 Å². The van der Waals surface area contributed by atoms with Gasteiger partial charge in [-0.05, 0) is 40.5 Å². The molecular formula is C9H8Br2F3NO2S. The fourth-order valence-electron chi connectivity index (χ4n) is 1.09. The lowest BCUT2D eigenvalue weighted by Gasteiger charge is -2.11. The van der Waals surface area contributed by atoms with Gasteiger partial charge in [0.1, 0.15) is 6.54 Å². The molecule has 0 aliphatic heterocycles. The van der Waals surface area contributed by atoms with Crippen LogP contribution in [0.4, 0.5) is 13.2 Å². The van der Waals surface area contributed by atoms with Crippen LogP contribution in [-0.4, -0.2) is 21.1 Å². The van der Waals surface area contributed by atoms with Gasteiger partial charge in [-0.2, -0.15) is 13.2 Å². The van der Waals surface area contributed by atoms with Crippen LogP contribution in [0.15, 0.2) is 26.0 Å². The summed E-state index contributed by atoms with van der Waals surface area (Å²) < 4.78 is 61.6. The Balaban J connectivity index is 3.10. The lowest BCUT2D eigenvalue weighted by atomic mass is 10.2. The Labute approximate surface area is 119 Å². The van der Waals surface area contributed by atoms with Gasteiger partial charge in [-0.3, -0.25) is 0 Å². The minimum Gasteiger partial charge on any atom is -0.207 e. The van der Waals surface area contributed by atoms with Crippen molar-refractivity contribution in [2.75, 3.05) is 6.54 Å². The molecule has 0 heterocycles. The summed E-state index contributed by atoms with van der Waals surface area (Å²) in [6, 6.07) is 2.75. The minimum atomic E-state index is -4.60. The van der Waals surface area contributed by atoms with Crippen LogP contribution >= 0.6 is 31.9 Å². The van der Waals surface area contributed by atoms with Gasteiger partial charge in [0, 0.05) is 8.95 Å². The van der Waals surface area contributed by atoms with Gasteiger partial charge in [0.05, 0.1) is 4.90 Å². The first-order chi connectivity index (χ1) is 8.03. The van der Waals surface area contributed by atoms with E-state index in [0.29, 0.717) is 4.47 Å². The second-order valence-electron chi connectivity index (χ2n) is 3.47. The number of nitrogens with one attached hydrogen (secondary N) is 1. The number of hydrogen-bond donors (Lipinski definition) is 1. The van der Waals surface area contributed by atoms with E-state index >= 15 is 0 Å². The monoisotopic (exact) mass is 409 g/mol. The number of alkyl halides is 3. The molecule has 0 amide bonds. The predicted octanol–water partition coefficient (Wildman–Crippen LogP) is 3.36. The highest BCUT2D eigenvalue weighted by Crippen LogP contribution is 2.29. The molecule has 0 unspecified atom stereocenters. The highest BCUT2D eigenvalue weighted by Gasteiger charge is 2.30. The Morgan fingerprint density at radius 2 is 1.78 bits per heavy atom. The molecule has 0 bridgehead atoms. The summed E-state index contributed by atoms with van der Waals surface area (Å²) in [4.78, 5) is -0.246. The van der Waals surface area contributed by atoms with E-state index in [1.165, 1.54) is 16.9 Å². The molecule has 0 saturated carbocycles. The zero-order valence-corrected chi connectivity index (χ0v) is 13.0. The van der Waals surface area contributed by atoms with E-state index in [1.54, 1.807) is 6.92 Å². The van der Waals surface area contributed by atoms with Crippen molar-refractivity contribution in [1.82, 2.24) is 4.72 Å². The third kappa shape index (κ3) is 4.22. The van der Waals surface area contributed by atoms with Crippen LogP contribution in [-0.2, 0) is 10.0 Å². The molecular weight excluding hydrogens is 403 g/mol. The molecule has 0 aromatic heterocycles. The minimum absolute atomic E-state index is 0.206. The average Bonchev–Trinajstić information content (AvgIpc) is 2.19. The molecule has 18 heavy (non-hydrogen) atoms. The van der Waals surface area contributed by atoms with Crippen LogP contribution in [0.1, 0.15) is 5.56 Å². The number of benzene rings is 1. The van der Waals surface area contributed by atoms with Crippen molar-refractivity contribution in [3.05, 3.63) is 26.6 Å². The molecule has 9 heteroatoms. The Bertz CT molecular complexity index is 558. The van der Waals surface area contributed by atoms with Gasteiger partial charge in [0.25, 0.3) is 0 Å². The summed E-state index contributed by atoms with van der Waals surface area (Å²) in [5.74, 6) is 0. The van der Waals surface area contributed by atoms with Crippen molar-refractivity contribution in [3.8, 4) is 0 Å². The Morgan fingerprint density at radius 1 is 1.22 bits per heavy atom. The summed E-state index contributed by atoms with van der Waals surface area (Å²) in [6.07, 6.45) is -4.60. The summed E-state index contributed by atoms with van der Waals surface area (Å²) in [7, 11) is -4.21. The highest BCUT2D eigenvalue weighted by atomic mass is 79.9. The van der Waals surface area contributed by atoms with Gasteiger partial charge in [-0.1, -0.05) is 15.9 Å². The smallest absolute Gasteiger partial charge is 0.207 e. The first kappa shape index (κ1) is 15.9. The van der Waals surface area contributed by atoms with Crippen LogP contribution in [0, 0.1) is 6.92 Å². The molecule has 1 N–H and O–H groups in total. The van der Waals surface area contributed by atoms with Gasteiger partial charge >= 0.3 is 6.18 Å². The fourth-order valence-corrected chi connectivity index (χ4v) is 3.78. The van der Waals surface area contributed by atoms with Crippen LogP contribution < -0.4 is 4.72 Å². The number of hydrogen-bond acceptors (Lipinski definition) is 2. The van der Waals surface area contributed by atoms with E-state index in [0.717, 1.165) is 5.56 Å². The maximum atomic E-state index is 12.0. The second-order valence-corrected chi connectivity index (χ2v) is 6.92. The SMILES string of the molecule is Cc1cc(Br)c(S(=O)(=O)NCC(F)(F)F)cc1Br. The largest absolute Gasteiger partial charge is 0.402 e. The molecule has 0 radical (unpaired) electrons. The third-order valence-corrected chi connectivity index (χ3v) is 5.18. The average molecular weight is 411 g/mol. The van der Waals surface area contributed by atoms with E-state index < -0.39 is 22.7 Å². The van der Waals surface area contributed by atoms with Crippen molar-refractivity contribution in [3.63, 3.8) is 0 Å². The Hall–Kier alpha value is -0.120. The molecule has 102 valence electrons. The number of sulfonamides is 1. The normalized spacial score (nSPS) is 12.8. The van der Waals surface area contributed by atoms with Gasteiger partial charge in [-0.25, -0.2) is 13.1 Å². The molecule has 0 spiro atoms. The Kier molecular flexibility index (Phi) is 4.85. The van der Waals surface area contributed by atoms with Crippen LogP contribution in [0.25, 0.3) is 0 Å². The first-order valence-corrected chi connectivity index (χ1v) is 7.62. The van der Waals surface area contributed by atoms with E-state index in [1.807, 2.05) is 0 Å². The van der Waals surface area contributed by atoms with Crippen LogP contribution in [0.2, 0.25) is 0 Å². The molecule has 3 nitrogen and oxygen atoms in total. The molecule has 0 fully saturated rings. The summed E-state index contributed by atoms with van der Waals surface area (Å²) in [5, 5.41) is 0. The summed E-state index contributed by atoms with van der Waals surface area (Å²) >= 11 is 6.14. The summed E-state index contributed by atoms with van der Waals surface area (Å²) in [6.45, 7) is 0.127. The molecule has 0 saturated heterocycles. The Morgan fingerprint density at radius 3 is 2.28 bits per heavy atom. The number of aryl methyl sites for hydroxylation is 1. The lowest BCUT2D eigenvalue weighted by molar-refractivity contribution is -0.121. The first-order valence-electron chi connectivity index (χ1n) is 4.55. The maximum absolute atomic E-state index is 12.0. The molecule has 1 aromatic rings. The molecule has 0 aliphatic carbocycles. The predicted molar refractivity (Wildman–Crippen MR) is 67.8 cm³/mol. The highest BCUT2D eigenvalue weighted by molar-refractivity contribution is 9.11. The van der Waals surface area contributed by atoms with E-state index in [-0.39, 0.29) is 9.37 Å². The van der Waals surface area contributed by atoms with E-state index in [4.69, 9.17) is 0 Å². The van der Waals surface area contributed by atoms with Crippen molar-refractivity contribution < 1.29 is 21.6 Å². The molecule has 0 aliphatic rings. The zero-order valence-electron chi connectivity index (χ0n) is 8.98. The summed E-state index contributed by atoms with van der Waals surface area (Å²) in [5.41, 5.74) is 0.761. The maximum Gasteiger partial charge on any atom is 0.402 e. The third-order valence-electron chi connectivity index (χ3n) is 1.97. The second kappa shape index (κ2) is 5.48. The van der Waals surface area contributed by atoms with E-state index in [9.17, 15) is 21.6 Å². The van der Waals surface area contributed by atoms with Gasteiger partial charge in [-0.15, -0.1) is 0 Å². The molecule has 0 atom stereocenters. The van der Waals surface area contributed by atoms with Gasteiger partial charge < -0.3 is 0 Å².